The second kappa shape index (κ2) is 16.9. The van der Waals surface area contributed by atoms with Crippen molar-refractivity contribution in [2.45, 2.75) is 0 Å². The molecule has 0 aromatic carbocycles. The molecule has 0 heterocycles. The molecule has 1 nitrogen and oxygen atoms in total. The Hall–Kier alpha value is 2.89. The zero-order valence-corrected chi connectivity index (χ0v) is 5.67. The molecule has 0 saturated carbocycles. The van der Waals surface area contributed by atoms with Crippen molar-refractivity contribution in [3.05, 3.63) is 0 Å². The minimum atomic E-state index is 0. The van der Waals surface area contributed by atoms with Gasteiger partial charge in [0.1, 0.15) is 0 Å². The third-order valence-electron chi connectivity index (χ3n) is 0. The van der Waals surface area contributed by atoms with Crippen molar-refractivity contribution >= 4 is 41.4 Å². The summed E-state index contributed by atoms with van der Waals surface area (Å²) in [5.41, 5.74) is 0. The van der Waals surface area contributed by atoms with Crippen LogP contribution in [-0.2, 0) is 0 Å². The van der Waals surface area contributed by atoms with Crippen molar-refractivity contribution in [2.24, 2.45) is 0 Å². The quantitative estimate of drug-likeness (QED) is 0.294. The molecule has 0 saturated heterocycles. The molecule has 0 N–H and O–H groups in total. The second-order valence-corrected chi connectivity index (χ2v) is 0. The molecule has 16 valence electrons. The minimum Gasteiger partial charge on any atom is -0.769 e. The molecule has 0 aromatic rings. The van der Waals surface area contributed by atoms with Crippen molar-refractivity contribution in [1.82, 2.24) is 0 Å². The van der Waals surface area contributed by atoms with Crippen LogP contribution in [0.25, 0.3) is 0 Å². The van der Waals surface area contributed by atoms with E-state index in [1.54, 1.807) is 0 Å². The van der Waals surface area contributed by atoms with Gasteiger partial charge in [0.25, 0.3) is 0 Å². The van der Waals surface area contributed by atoms with Crippen LogP contribution in [0, 0.1) is 0 Å². The van der Waals surface area contributed by atoms with Gasteiger partial charge in [-0.15, -0.1) is 0 Å². The average Bonchev–Trinajstić information content (AvgIpc) is 1.00. The second-order valence-electron chi connectivity index (χ2n) is 0. The predicted octanol–water partition coefficient (Wildman–Crippen LogP) is -4.14. The number of hydrogen-bond acceptors (Lipinski definition) is 1. The molecular formula is HClKNaO. The van der Waals surface area contributed by atoms with Crippen LogP contribution in [0.4, 0.5) is 0 Å². The Morgan fingerprint density at radius 3 is 1.25 bits per heavy atom. The third-order valence-corrected chi connectivity index (χ3v) is 0. The molecule has 0 atom stereocenters. The molecule has 0 spiro atoms. The number of halogens is 1. The molecule has 0 aromatic heterocycles. The van der Waals surface area contributed by atoms with Gasteiger partial charge >= 0.3 is 80.9 Å². The minimum absolute atomic E-state index is 0. The predicted molar refractivity (Wildman–Crippen MR) is 13.0 cm³/mol. The van der Waals surface area contributed by atoms with Gasteiger partial charge in [0.2, 0.25) is 0 Å². The summed E-state index contributed by atoms with van der Waals surface area (Å²) in [5, 5.41) is 0. The van der Waals surface area contributed by atoms with E-state index < -0.39 is 0 Å². The molecule has 4 heteroatoms. The summed E-state index contributed by atoms with van der Waals surface area (Å²) in [4.78, 5) is 0. The van der Waals surface area contributed by atoms with Gasteiger partial charge < -0.3 is 4.66 Å². The zero-order chi connectivity index (χ0) is 2.00. The maximum atomic E-state index is 7.72. The van der Waals surface area contributed by atoms with Gasteiger partial charge in [0.05, 0.1) is 0 Å². The van der Waals surface area contributed by atoms with E-state index in [1.807, 2.05) is 0 Å². The maximum absolute atomic E-state index is 7.72. The molecule has 0 aliphatic heterocycles. The molecule has 0 bridgehead atoms. The first-order valence-corrected chi connectivity index (χ1v) is 0.463. The Labute approximate surface area is 95.0 Å². The van der Waals surface area contributed by atoms with Crippen molar-refractivity contribution < 1.29 is 56.0 Å². The largest absolute Gasteiger partial charge is 0.769 e. The molecule has 0 unspecified atom stereocenters. The Balaban J connectivity index is -0.00000000500. The van der Waals surface area contributed by atoms with Crippen molar-refractivity contribution in [2.75, 3.05) is 0 Å². The average molecular weight is 115 g/mol. The van der Waals surface area contributed by atoms with E-state index in [9.17, 15) is 0 Å². The van der Waals surface area contributed by atoms with Crippen LogP contribution in [0.15, 0.2) is 0 Å². The number of rotatable bonds is 0. The Morgan fingerprint density at radius 1 is 1.25 bits per heavy atom. The van der Waals surface area contributed by atoms with Crippen molar-refractivity contribution in [3.8, 4) is 0 Å². The number of hydrogen-bond donors (Lipinski definition) is 0. The van der Waals surface area contributed by atoms with Crippen LogP contribution in [0.3, 0.4) is 0 Å². The van der Waals surface area contributed by atoms with Gasteiger partial charge in [-0.25, -0.2) is 11.9 Å². The Kier molecular flexibility index (Phi) is 66.6. The smallest absolute Gasteiger partial charge is 0.231 e. The van der Waals surface area contributed by atoms with E-state index in [0.29, 0.717) is 0 Å². The molecule has 0 radical (unpaired) electrons. The van der Waals surface area contributed by atoms with Gasteiger partial charge in [-0.3, -0.25) is 0 Å². The molecule has 0 rings (SSSR count). The Morgan fingerprint density at radius 2 is 1.25 bits per heavy atom. The van der Waals surface area contributed by atoms with E-state index in [1.165, 1.54) is 0 Å². The van der Waals surface area contributed by atoms with E-state index in [4.69, 9.17) is 4.66 Å². The fourth-order valence-corrected chi connectivity index (χ4v) is 0. The van der Waals surface area contributed by atoms with Crippen molar-refractivity contribution in [3.63, 3.8) is 0 Å². The monoisotopic (exact) mass is 114 g/mol. The van der Waals surface area contributed by atoms with Crippen LogP contribution in [-0.4, -0.2) is 29.6 Å². The normalized spacial score (nSPS) is 1.50. The maximum Gasteiger partial charge on any atom is -0.231 e. The standard InChI is InChI=1S/ClO.K.Na.H/c1-2;;;/q-1;+1;;. The van der Waals surface area contributed by atoms with Crippen LogP contribution >= 0.6 is 11.9 Å². The van der Waals surface area contributed by atoms with Gasteiger partial charge in [-0.05, 0) is 0 Å². The summed E-state index contributed by atoms with van der Waals surface area (Å²) >= 11 is 3.39. The molecule has 0 aliphatic rings. The van der Waals surface area contributed by atoms with Crippen LogP contribution in [0.1, 0.15) is 0 Å². The Bertz CT molecular complexity index is 8.00. The van der Waals surface area contributed by atoms with E-state index >= 15 is 0 Å². The SMILES string of the molecule is [K+].[NaH].[O-]Cl. The zero-order valence-electron chi connectivity index (χ0n) is 1.79. The van der Waals surface area contributed by atoms with Gasteiger partial charge in [-0.1, -0.05) is 0 Å². The molecule has 0 fully saturated rings. The first-order chi connectivity index (χ1) is 1.00. The fraction of sp³-hybridized carbons (Fsp3) is 0. The summed E-state index contributed by atoms with van der Waals surface area (Å²) in [7, 11) is 0. The summed E-state index contributed by atoms with van der Waals surface area (Å²) in [6.07, 6.45) is 0. The van der Waals surface area contributed by atoms with Gasteiger partial charge in [0, 0.05) is 0 Å². The van der Waals surface area contributed by atoms with Crippen LogP contribution in [0.2, 0.25) is 0 Å². The fourth-order valence-electron chi connectivity index (χ4n) is 0. The first kappa shape index (κ1) is 15.8. The van der Waals surface area contributed by atoms with Crippen molar-refractivity contribution in [1.29, 1.82) is 0 Å². The molecule has 0 amide bonds. The molecular weight excluding hydrogens is 114 g/mol. The van der Waals surface area contributed by atoms with E-state index in [-0.39, 0.29) is 80.9 Å². The molecule has 0 aliphatic carbocycles. The van der Waals surface area contributed by atoms with Gasteiger partial charge in [-0.2, -0.15) is 0 Å². The van der Waals surface area contributed by atoms with Crippen LogP contribution < -0.4 is 56.0 Å². The first-order valence-electron chi connectivity index (χ1n) is 0.154. The topological polar surface area (TPSA) is 23.1 Å². The molecule has 4 heavy (non-hydrogen) atoms. The summed E-state index contributed by atoms with van der Waals surface area (Å²) in [5.74, 6) is 0. The van der Waals surface area contributed by atoms with E-state index in [0.717, 1.165) is 0 Å². The summed E-state index contributed by atoms with van der Waals surface area (Å²) < 4.78 is 7.72. The van der Waals surface area contributed by atoms with Crippen LogP contribution in [0.5, 0.6) is 0 Å². The third kappa shape index (κ3) is 8.86. The summed E-state index contributed by atoms with van der Waals surface area (Å²) in [6, 6.07) is 0. The summed E-state index contributed by atoms with van der Waals surface area (Å²) in [6.45, 7) is 0. The van der Waals surface area contributed by atoms with Gasteiger partial charge in [0.15, 0.2) is 0 Å². The van der Waals surface area contributed by atoms with E-state index in [2.05, 4.69) is 11.9 Å².